The van der Waals surface area contributed by atoms with Gasteiger partial charge in [-0.15, -0.1) is 0 Å². The van der Waals surface area contributed by atoms with E-state index in [4.69, 9.17) is 23.2 Å². The molecule has 1 heterocycles. The van der Waals surface area contributed by atoms with E-state index in [-0.39, 0.29) is 5.02 Å². The Morgan fingerprint density at radius 3 is 2.60 bits per heavy atom. The molecule has 0 spiro atoms. The molecule has 78 valence electrons. The minimum atomic E-state index is -0.471. The zero-order valence-electron chi connectivity index (χ0n) is 8.02. The summed E-state index contributed by atoms with van der Waals surface area (Å²) in [6.07, 6.45) is 0.764. The average Bonchev–Trinajstić information content (AvgIpc) is 2.21. The molecule has 0 amide bonds. The van der Waals surface area contributed by atoms with Gasteiger partial charge in [-0.05, 0) is 18.6 Å². The normalized spacial score (nSPS) is 10.9. The largest absolute Gasteiger partial charge is 0.253 e. The second-order valence-electron chi connectivity index (χ2n) is 3.23. The van der Waals surface area contributed by atoms with Crippen LogP contribution in [0, 0.1) is 5.82 Å². The fourth-order valence-corrected chi connectivity index (χ4v) is 1.85. The van der Waals surface area contributed by atoms with Crippen molar-refractivity contribution < 1.29 is 4.39 Å². The van der Waals surface area contributed by atoms with Gasteiger partial charge < -0.3 is 0 Å². The van der Waals surface area contributed by atoms with Crippen molar-refractivity contribution in [2.75, 3.05) is 0 Å². The molecule has 0 radical (unpaired) electrons. The SMILES string of the molecule is CCc1cc(Cl)c2cc(Cl)c(F)cc2n1. The fraction of sp³-hybridized carbons (Fsp3) is 0.182. The van der Waals surface area contributed by atoms with Crippen molar-refractivity contribution in [1.82, 2.24) is 4.98 Å². The molecule has 0 aliphatic carbocycles. The van der Waals surface area contributed by atoms with Gasteiger partial charge in [-0.3, -0.25) is 4.98 Å². The van der Waals surface area contributed by atoms with Gasteiger partial charge in [0.25, 0.3) is 0 Å². The van der Waals surface area contributed by atoms with Crippen LogP contribution in [0.1, 0.15) is 12.6 Å². The molecule has 2 aromatic rings. The monoisotopic (exact) mass is 243 g/mol. The van der Waals surface area contributed by atoms with E-state index >= 15 is 0 Å². The number of fused-ring (bicyclic) bond motifs is 1. The smallest absolute Gasteiger partial charge is 0.143 e. The highest BCUT2D eigenvalue weighted by Gasteiger charge is 2.07. The standard InChI is InChI=1S/C11H8Cl2FN/c1-2-6-3-8(12)7-4-9(13)10(14)5-11(7)15-6/h3-5H,2H2,1H3. The van der Waals surface area contributed by atoms with E-state index in [1.807, 2.05) is 6.92 Å². The van der Waals surface area contributed by atoms with Crippen LogP contribution < -0.4 is 0 Å². The van der Waals surface area contributed by atoms with Crippen LogP contribution in [-0.2, 0) is 6.42 Å². The van der Waals surface area contributed by atoms with Gasteiger partial charge in [-0.2, -0.15) is 0 Å². The van der Waals surface area contributed by atoms with Crippen molar-refractivity contribution in [2.45, 2.75) is 13.3 Å². The van der Waals surface area contributed by atoms with Crippen molar-refractivity contribution >= 4 is 34.1 Å². The molecule has 1 aromatic heterocycles. The fourth-order valence-electron chi connectivity index (χ4n) is 1.41. The minimum absolute atomic E-state index is 0.0652. The van der Waals surface area contributed by atoms with Crippen LogP contribution in [0.2, 0.25) is 10.0 Å². The van der Waals surface area contributed by atoms with Gasteiger partial charge in [-0.25, -0.2) is 4.39 Å². The maximum atomic E-state index is 13.2. The van der Waals surface area contributed by atoms with Crippen molar-refractivity contribution in [3.8, 4) is 0 Å². The Morgan fingerprint density at radius 2 is 1.93 bits per heavy atom. The summed E-state index contributed by atoms with van der Waals surface area (Å²) in [6, 6.07) is 4.59. The molecule has 0 aliphatic rings. The highest BCUT2D eigenvalue weighted by Crippen LogP contribution is 2.28. The summed E-state index contributed by atoms with van der Waals surface area (Å²) in [6.45, 7) is 1.97. The van der Waals surface area contributed by atoms with Crippen LogP contribution in [0.25, 0.3) is 10.9 Å². The Morgan fingerprint density at radius 1 is 1.20 bits per heavy atom. The summed E-state index contributed by atoms with van der Waals surface area (Å²) in [5.41, 5.74) is 1.38. The lowest BCUT2D eigenvalue weighted by Crippen LogP contribution is -1.90. The third-order valence-corrected chi connectivity index (χ3v) is 2.82. The summed E-state index contributed by atoms with van der Waals surface area (Å²) in [5, 5.41) is 1.30. The molecule has 1 aromatic carbocycles. The van der Waals surface area contributed by atoms with E-state index in [2.05, 4.69) is 4.98 Å². The van der Waals surface area contributed by atoms with Gasteiger partial charge >= 0.3 is 0 Å². The third-order valence-electron chi connectivity index (χ3n) is 2.22. The van der Waals surface area contributed by atoms with Crippen LogP contribution in [-0.4, -0.2) is 4.98 Å². The molecule has 0 N–H and O–H groups in total. The number of aryl methyl sites for hydroxylation is 1. The predicted octanol–water partition coefficient (Wildman–Crippen LogP) is 4.24. The van der Waals surface area contributed by atoms with Gasteiger partial charge in [0.2, 0.25) is 0 Å². The molecule has 15 heavy (non-hydrogen) atoms. The van der Waals surface area contributed by atoms with Gasteiger partial charge in [-0.1, -0.05) is 30.1 Å². The molecular weight excluding hydrogens is 236 g/mol. The van der Waals surface area contributed by atoms with Gasteiger partial charge in [0.1, 0.15) is 5.82 Å². The van der Waals surface area contributed by atoms with Crippen LogP contribution in [0.15, 0.2) is 18.2 Å². The summed E-state index contributed by atoms with van der Waals surface area (Å²) in [7, 11) is 0. The van der Waals surface area contributed by atoms with E-state index < -0.39 is 5.82 Å². The molecule has 0 fully saturated rings. The number of rotatable bonds is 1. The summed E-state index contributed by atoms with van der Waals surface area (Å²) < 4.78 is 13.2. The van der Waals surface area contributed by atoms with Crippen LogP contribution >= 0.6 is 23.2 Å². The summed E-state index contributed by atoms with van der Waals surface area (Å²) >= 11 is 11.7. The third kappa shape index (κ3) is 1.92. The van der Waals surface area contributed by atoms with E-state index in [9.17, 15) is 4.39 Å². The number of aromatic nitrogens is 1. The van der Waals surface area contributed by atoms with Gasteiger partial charge in [0.05, 0.1) is 15.6 Å². The number of hydrogen-bond donors (Lipinski definition) is 0. The molecule has 0 atom stereocenters. The molecule has 0 unspecified atom stereocenters. The number of nitrogens with zero attached hydrogens (tertiary/aromatic N) is 1. The van der Waals surface area contributed by atoms with E-state index in [1.165, 1.54) is 12.1 Å². The molecule has 0 aliphatic heterocycles. The van der Waals surface area contributed by atoms with E-state index in [1.54, 1.807) is 6.07 Å². The Hall–Kier alpha value is -0.860. The Balaban J connectivity index is 2.80. The maximum absolute atomic E-state index is 13.2. The number of benzene rings is 1. The highest BCUT2D eigenvalue weighted by molar-refractivity contribution is 6.36. The lowest BCUT2D eigenvalue weighted by Gasteiger charge is -2.04. The molecule has 4 heteroatoms. The Labute approximate surface area is 96.8 Å². The molecule has 0 bridgehead atoms. The van der Waals surface area contributed by atoms with Gasteiger partial charge in [0.15, 0.2) is 0 Å². The first-order valence-electron chi connectivity index (χ1n) is 4.56. The minimum Gasteiger partial charge on any atom is -0.253 e. The van der Waals surface area contributed by atoms with Crippen LogP contribution in [0.4, 0.5) is 4.39 Å². The lowest BCUT2D eigenvalue weighted by molar-refractivity contribution is 0.629. The van der Waals surface area contributed by atoms with Crippen LogP contribution in [0.5, 0.6) is 0 Å². The first-order chi connectivity index (χ1) is 7.11. The first-order valence-corrected chi connectivity index (χ1v) is 5.31. The average molecular weight is 244 g/mol. The summed E-state index contributed by atoms with van der Waals surface area (Å²) in [4.78, 5) is 4.27. The maximum Gasteiger partial charge on any atom is 0.143 e. The number of halogens is 3. The van der Waals surface area contributed by atoms with Crippen molar-refractivity contribution in [3.63, 3.8) is 0 Å². The first kappa shape index (κ1) is 10.7. The zero-order valence-corrected chi connectivity index (χ0v) is 9.53. The van der Waals surface area contributed by atoms with E-state index in [0.717, 1.165) is 12.1 Å². The van der Waals surface area contributed by atoms with Crippen molar-refractivity contribution in [3.05, 3.63) is 39.8 Å². The topological polar surface area (TPSA) is 12.9 Å². The van der Waals surface area contributed by atoms with Crippen molar-refractivity contribution in [2.24, 2.45) is 0 Å². The zero-order chi connectivity index (χ0) is 11.0. The number of pyridine rings is 1. The highest BCUT2D eigenvalue weighted by atomic mass is 35.5. The number of hydrogen-bond acceptors (Lipinski definition) is 1. The lowest BCUT2D eigenvalue weighted by atomic mass is 10.2. The second-order valence-corrected chi connectivity index (χ2v) is 4.05. The quantitative estimate of drug-likeness (QED) is 0.730. The van der Waals surface area contributed by atoms with Gasteiger partial charge in [0, 0.05) is 17.1 Å². The molecule has 0 saturated carbocycles. The van der Waals surface area contributed by atoms with Crippen LogP contribution in [0.3, 0.4) is 0 Å². The second kappa shape index (κ2) is 3.95. The Bertz CT molecular complexity index is 525. The molecular formula is C11H8Cl2FN. The summed E-state index contributed by atoms with van der Waals surface area (Å²) in [5.74, 6) is -0.471. The molecule has 0 saturated heterocycles. The molecule has 1 nitrogen and oxygen atoms in total. The predicted molar refractivity (Wildman–Crippen MR) is 61.1 cm³/mol. The van der Waals surface area contributed by atoms with Crippen molar-refractivity contribution in [1.29, 1.82) is 0 Å². The Kier molecular flexibility index (Phi) is 2.81. The molecule has 2 rings (SSSR count). The van der Waals surface area contributed by atoms with E-state index in [0.29, 0.717) is 15.9 Å².